The van der Waals surface area contributed by atoms with Crippen LogP contribution in [0.5, 0.6) is 5.75 Å². The van der Waals surface area contributed by atoms with Crippen LogP contribution in [0, 0.1) is 23.7 Å². The van der Waals surface area contributed by atoms with Gasteiger partial charge in [-0.2, -0.15) is 4.31 Å². The summed E-state index contributed by atoms with van der Waals surface area (Å²) in [6, 6.07) is 3.99. The largest absolute Gasteiger partial charge is 0.487 e. The number of carbonyl (C=O) groups is 1. The zero-order valence-corrected chi connectivity index (χ0v) is 22.8. The second-order valence-corrected chi connectivity index (χ2v) is 12.6. The molecule has 1 saturated carbocycles. The first kappa shape index (κ1) is 28.5. The normalized spacial score (nSPS) is 23.8. The lowest BCUT2D eigenvalue weighted by atomic mass is 9.88. The predicted octanol–water partition coefficient (Wildman–Crippen LogP) is 2.62. The standard InChI is InChI=1S/C27H40N2O6S/c1-19-16-29(20(2)18-30)36(33,34)25-12-11-21(13-14-27(3,4)32)15-23(25)35-24(19)17-28(5)26(31)22-9-7-6-8-10-22/h11-12,15,19-20,22,24,30,32H,6-10,16-18H2,1-5H3/t19-,20+,24-/m0/s1. The first-order valence-corrected chi connectivity index (χ1v) is 14.2. The van der Waals surface area contributed by atoms with E-state index in [9.17, 15) is 23.4 Å². The third kappa shape index (κ3) is 6.80. The van der Waals surface area contributed by atoms with Crippen LogP contribution in [0.25, 0.3) is 0 Å². The summed E-state index contributed by atoms with van der Waals surface area (Å²) in [6.07, 6.45) is 4.62. The van der Waals surface area contributed by atoms with Gasteiger partial charge >= 0.3 is 0 Å². The quantitative estimate of drug-likeness (QED) is 0.578. The van der Waals surface area contributed by atoms with Gasteiger partial charge in [-0.15, -0.1) is 0 Å². The summed E-state index contributed by atoms with van der Waals surface area (Å²) in [5.41, 5.74) is -0.699. The van der Waals surface area contributed by atoms with E-state index in [1.54, 1.807) is 44.9 Å². The van der Waals surface area contributed by atoms with Crippen molar-refractivity contribution < 1.29 is 28.2 Å². The molecule has 1 aromatic carbocycles. The van der Waals surface area contributed by atoms with E-state index in [2.05, 4.69) is 11.8 Å². The van der Waals surface area contributed by atoms with Crippen molar-refractivity contribution in [3.05, 3.63) is 23.8 Å². The first-order chi connectivity index (χ1) is 16.8. The maximum absolute atomic E-state index is 13.6. The van der Waals surface area contributed by atoms with Gasteiger partial charge in [0.15, 0.2) is 0 Å². The average molecular weight is 521 g/mol. The summed E-state index contributed by atoms with van der Waals surface area (Å²) in [7, 11) is -2.18. The SMILES string of the molecule is C[C@H](CO)N1C[C@H](C)[C@H](CN(C)C(=O)C2CCCCC2)Oc2cc(C#CC(C)(C)O)ccc2S1(=O)=O. The Kier molecular flexibility index (Phi) is 9.10. The molecule has 0 aromatic heterocycles. The minimum atomic E-state index is -3.96. The number of nitrogens with zero attached hydrogens (tertiary/aromatic N) is 2. The van der Waals surface area contributed by atoms with E-state index in [0.29, 0.717) is 12.1 Å². The van der Waals surface area contributed by atoms with Gasteiger partial charge in [-0.05, 0) is 51.8 Å². The number of rotatable bonds is 5. The van der Waals surface area contributed by atoms with Crippen molar-refractivity contribution in [1.82, 2.24) is 9.21 Å². The second-order valence-electron chi connectivity index (χ2n) is 10.8. The molecule has 1 amide bonds. The number of hydrogen-bond acceptors (Lipinski definition) is 6. The topological polar surface area (TPSA) is 107 Å². The molecule has 3 rings (SSSR count). The van der Waals surface area contributed by atoms with Crippen molar-refractivity contribution in [3.63, 3.8) is 0 Å². The first-order valence-electron chi connectivity index (χ1n) is 12.8. The molecule has 9 heteroatoms. The number of carbonyl (C=O) groups excluding carboxylic acids is 1. The van der Waals surface area contributed by atoms with Crippen LogP contribution in [0.2, 0.25) is 0 Å². The maximum atomic E-state index is 13.6. The Bertz CT molecular complexity index is 1100. The summed E-state index contributed by atoms with van der Waals surface area (Å²) in [4.78, 5) is 14.8. The Morgan fingerprint density at radius 1 is 1.28 bits per heavy atom. The number of fused-ring (bicyclic) bond motifs is 1. The lowest BCUT2D eigenvalue weighted by Crippen LogP contribution is -2.50. The van der Waals surface area contributed by atoms with E-state index in [1.165, 1.54) is 16.8 Å². The minimum absolute atomic E-state index is 0.00484. The minimum Gasteiger partial charge on any atom is -0.487 e. The van der Waals surface area contributed by atoms with Gasteiger partial charge in [0.2, 0.25) is 15.9 Å². The highest BCUT2D eigenvalue weighted by molar-refractivity contribution is 7.89. The fourth-order valence-corrected chi connectivity index (χ4v) is 6.59. The average Bonchev–Trinajstić information content (AvgIpc) is 2.83. The van der Waals surface area contributed by atoms with Crippen molar-refractivity contribution in [2.45, 2.75) is 82.4 Å². The molecule has 1 fully saturated rings. The number of ether oxygens (including phenoxy) is 1. The molecule has 2 N–H and O–H groups in total. The zero-order chi connectivity index (χ0) is 26.7. The van der Waals surface area contributed by atoms with Gasteiger partial charge in [0.05, 0.1) is 13.2 Å². The number of sulfonamides is 1. The maximum Gasteiger partial charge on any atom is 0.247 e. The van der Waals surface area contributed by atoms with E-state index in [-0.39, 0.29) is 41.5 Å². The highest BCUT2D eigenvalue weighted by Crippen LogP contribution is 2.34. The Morgan fingerprint density at radius 3 is 2.56 bits per heavy atom. The lowest BCUT2D eigenvalue weighted by Gasteiger charge is -2.38. The van der Waals surface area contributed by atoms with Crippen molar-refractivity contribution >= 4 is 15.9 Å². The van der Waals surface area contributed by atoms with E-state index < -0.39 is 27.8 Å². The van der Waals surface area contributed by atoms with Crippen LogP contribution in [-0.2, 0) is 14.8 Å². The molecule has 1 aliphatic heterocycles. The molecular weight excluding hydrogens is 480 g/mol. The highest BCUT2D eigenvalue weighted by Gasteiger charge is 2.38. The Balaban J connectivity index is 1.99. The third-order valence-corrected chi connectivity index (χ3v) is 8.98. The fraction of sp³-hybridized carbons (Fsp3) is 0.667. The van der Waals surface area contributed by atoms with Crippen LogP contribution in [0.15, 0.2) is 23.1 Å². The number of aliphatic hydroxyl groups excluding tert-OH is 1. The molecule has 1 aliphatic carbocycles. The van der Waals surface area contributed by atoms with Crippen LogP contribution in [0.1, 0.15) is 65.4 Å². The molecule has 1 heterocycles. The molecule has 2 aliphatic rings. The van der Waals surface area contributed by atoms with Gasteiger partial charge in [-0.1, -0.05) is 38.0 Å². The van der Waals surface area contributed by atoms with Crippen LogP contribution < -0.4 is 4.74 Å². The summed E-state index contributed by atoms with van der Waals surface area (Å²) >= 11 is 0. The predicted molar refractivity (Wildman–Crippen MR) is 138 cm³/mol. The van der Waals surface area contributed by atoms with Crippen molar-refractivity contribution in [2.75, 3.05) is 26.7 Å². The molecule has 0 saturated heterocycles. The van der Waals surface area contributed by atoms with Gasteiger partial charge in [0.25, 0.3) is 0 Å². The third-order valence-electron chi connectivity index (χ3n) is 6.96. The van der Waals surface area contributed by atoms with Gasteiger partial charge < -0.3 is 19.8 Å². The second kappa shape index (κ2) is 11.5. The summed E-state index contributed by atoms with van der Waals surface area (Å²) < 4.78 is 34.8. The molecule has 0 unspecified atom stereocenters. The fourth-order valence-electron chi connectivity index (χ4n) is 4.77. The molecule has 200 valence electrons. The van der Waals surface area contributed by atoms with Crippen molar-refractivity contribution in [2.24, 2.45) is 11.8 Å². The molecule has 8 nitrogen and oxygen atoms in total. The van der Waals surface area contributed by atoms with Gasteiger partial charge in [0, 0.05) is 37.0 Å². The monoisotopic (exact) mass is 520 g/mol. The van der Waals surface area contributed by atoms with E-state index in [1.807, 2.05) is 6.92 Å². The van der Waals surface area contributed by atoms with E-state index in [0.717, 1.165) is 25.7 Å². The Labute approximate surface area is 215 Å². The van der Waals surface area contributed by atoms with Gasteiger partial charge in [-0.3, -0.25) is 4.79 Å². The molecular formula is C27H40N2O6S. The van der Waals surface area contributed by atoms with Gasteiger partial charge in [0.1, 0.15) is 22.4 Å². The summed E-state index contributed by atoms with van der Waals surface area (Å²) in [5.74, 6) is 5.64. The molecule has 36 heavy (non-hydrogen) atoms. The highest BCUT2D eigenvalue weighted by atomic mass is 32.2. The van der Waals surface area contributed by atoms with Crippen LogP contribution in [0.3, 0.4) is 0 Å². The lowest BCUT2D eigenvalue weighted by molar-refractivity contribution is -0.136. The van der Waals surface area contributed by atoms with Crippen LogP contribution in [0.4, 0.5) is 0 Å². The molecule has 1 aromatic rings. The van der Waals surface area contributed by atoms with Crippen LogP contribution in [-0.4, -0.2) is 78.2 Å². The zero-order valence-electron chi connectivity index (χ0n) is 22.0. The van der Waals surface area contributed by atoms with Gasteiger partial charge in [-0.25, -0.2) is 8.42 Å². The van der Waals surface area contributed by atoms with Crippen molar-refractivity contribution in [3.8, 4) is 17.6 Å². The van der Waals surface area contributed by atoms with E-state index in [4.69, 9.17) is 4.74 Å². The number of likely N-dealkylation sites (N-methyl/N-ethyl adjacent to an activating group) is 1. The molecule has 0 bridgehead atoms. The Hall–Kier alpha value is -2.12. The smallest absolute Gasteiger partial charge is 0.247 e. The summed E-state index contributed by atoms with van der Waals surface area (Å²) in [5, 5.41) is 19.8. The number of amides is 1. The van der Waals surface area contributed by atoms with Crippen LogP contribution >= 0.6 is 0 Å². The molecule has 0 radical (unpaired) electrons. The Morgan fingerprint density at radius 2 is 1.94 bits per heavy atom. The summed E-state index contributed by atoms with van der Waals surface area (Å²) in [6.45, 7) is 6.86. The number of hydrogen-bond donors (Lipinski definition) is 2. The number of aliphatic hydroxyl groups is 2. The number of benzene rings is 1. The molecule has 3 atom stereocenters. The van der Waals surface area contributed by atoms with E-state index >= 15 is 0 Å². The molecule has 0 spiro atoms. The van der Waals surface area contributed by atoms with Crippen molar-refractivity contribution in [1.29, 1.82) is 0 Å².